The van der Waals surface area contributed by atoms with Gasteiger partial charge in [0.25, 0.3) is 0 Å². The van der Waals surface area contributed by atoms with Crippen molar-refractivity contribution in [3.05, 3.63) is 178 Å². The van der Waals surface area contributed by atoms with Crippen molar-refractivity contribution in [2.75, 3.05) is 6.61 Å². The molecule has 0 aromatic heterocycles. The summed E-state index contributed by atoms with van der Waals surface area (Å²) in [4.78, 5) is 0. The number of hydrogen-bond acceptors (Lipinski definition) is 6. The second-order valence-electron chi connectivity index (χ2n) is 11.9. The summed E-state index contributed by atoms with van der Waals surface area (Å²) in [5.74, 6) is 0. The molecule has 1 saturated heterocycles. The minimum Gasteiger partial charge on any atom is -0.392 e. The lowest BCUT2D eigenvalue weighted by Gasteiger charge is -2.46. The molecule has 0 amide bonds. The van der Waals surface area contributed by atoms with Crippen LogP contribution in [0.3, 0.4) is 0 Å². The van der Waals surface area contributed by atoms with Crippen LogP contribution in [0.1, 0.15) is 39.5 Å². The van der Waals surface area contributed by atoms with E-state index in [1.807, 2.05) is 133 Å². The first-order valence-corrected chi connectivity index (χ1v) is 16.7. The molecule has 248 valence electrons. The second-order valence-corrected chi connectivity index (χ2v) is 12.3. The van der Waals surface area contributed by atoms with E-state index in [9.17, 15) is 5.11 Å². The molecule has 0 bridgehead atoms. The fourth-order valence-corrected chi connectivity index (χ4v) is 6.17. The van der Waals surface area contributed by atoms with Crippen LogP contribution >= 0.6 is 11.6 Å². The van der Waals surface area contributed by atoms with Gasteiger partial charge in [-0.25, -0.2) is 0 Å². The first kappa shape index (κ1) is 34.0. The van der Waals surface area contributed by atoms with E-state index in [2.05, 4.69) is 0 Å². The van der Waals surface area contributed by atoms with Crippen molar-refractivity contribution < 1.29 is 28.8 Å². The third-order valence-electron chi connectivity index (χ3n) is 8.43. The fourth-order valence-electron chi connectivity index (χ4n) is 5.95. The molecule has 1 fully saturated rings. The Morgan fingerprint density at radius 2 is 0.979 bits per heavy atom. The van der Waals surface area contributed by atoms with E-state index in [-0.39, 0.29) is 13.2 Å². The molecule has 1 aliphatic heterocycles. The Morgan fingerprint density at radius 3 is 1.48 bits per heavy atom. The smallest absolute Gasteiger partial charge is 0.117 e. The van der Waals surface area contributed by atoms with E-state index in [4.69, 9.17) is 35.3 Å². The summed E-state index contributed by atoms with van der Waals surface area (Å²) >= 11 is 6.88. The van der Waals surface area contributed by atoms with E-state index >= 15 is 0 Å². The van der Waals surface area contributed by atoms with Gasteiger partial charge < -0.3 is 28.8 Å². The van der Waals surface area contributed by atoms with E-state index in [0.29, 0.717) is 37.0 Å². The molecule has 6 rings (SSSR count). The lowest BCUT2D eigenvalue weighted by molar-refractivity contribution is -0.275. The second kappa shape index (κ2) is 17.5. The quantitative estimate of drug-likeness (QED) is 0.122. The minimum absolute atomic E-state index is 0.132. The third-order valence-corrected chi connectivity index (χ3v) is 8.78. The van der Waals surface area contributed by atoms with Crippen molar-refractivity contribution in [3.63, 3.8) is 0 Å². The van der Waals surface area contributed by atoms with Crippen LogP contribution in [0.15, 0.2) is 140 Å². The van der Waals surface area contributed by atoms with E-state index in [1.54, 1.807) is 6.07 Å². The summed E-state index contributed by atoms with van der Waals surface area (Å²) in [5, 5.41) is 10.6. The van der Waals surface area contributed by atoms with Gasteiger partial charge in [-0.15, -0.1) is 0 Å². The van der Waals surface area contributed by atoms with Crippen molar-refractivity contribution >= 4 is 11.6 Å². The van der Waals surface area contributed by atoms with Crippen LogP contribution in [0.5, 0.6) is 0 Å². The summed E-state index contributed by atoms with van der Waals surface area (Å²) in [6.07, 6.45) is -2.92. The Bertz CT molecular complexity index is 1650. The molecular weight excluding hydrogens is 624 g/mol. The number of rotatable bonds is 15. The van der Waals surface area contributed by atoms with Gasteiger partial charge in [-0.2, -0.15) is 0 Å². The van der Waals surface area contributed by atoms with Gasteiger partial charge in [0.05, 0.1) is 39.6 Å². The minimum atomic E-state index is -0.643. The molecule has 1 N–H and O–H groups in total. The molecule has 5 aromatic rings. The maximum Gasteiger partial charge on any atom is 0.117 e. The van der Waals surface area contributed by atoms with Crippen LogP contribution in [0.25, 0.3) is 0 Å². The van der Waals surface area contributed by atoms with Gasteiger partial charge >= 0.3 is 0 Å². The van der Waals surface area contributed by atoms with Crippen molar-refractivity contribution in [3.8, 4) is 0 Å². The molecule has 7 heteroatoms. The average molecular weight is 665 g/mol. The largest absolute Gasteiger partial charge is 0.392 e. The number of aliphatic hydroxyl groups is 1. The standard InChI is InChI=1S/C41H41ClO6/c42-36-22-21-34(24-43)23-35(36)38-40(46-27-32-17-9-3-10-18-32)41(47-28-33-19-11-4-12-20-33)39(45-26-31-15-7-2-8-16-31)37(48-38)29-44-25-30-13-5-1-6-14-30/h1-23,37-41,43H,24-29H2/t37-,38+,39-,40+,41?/m1/s1. The monoisotopic (exact) mass is 664 g/mol. The number of aliphatic hydroxyl groups excluding tert-OH is 1. The predicted octanol–water partition coefficient (Wildman–Crippen LogP) is 8.25. The summed E-state index contributed by atoms with van der Waals surface area (Å²) in [6, 6.07) is 45.7. The molecule has 48 heavy (non-hydrogen) atoms. The highest BCUT2D eigenvalue weighted by molar-refractivity contribution is 6.31. The number of benzene rings is 5. The molecule has 0 saturated carbocycles. The molecule has 5 atom stereocenters. The summed E-state index contributed by atoms with van der Waals surface area (Å²) < 4.78 is 33.6. The van der Waals surface area contributed by atoms with Crippen LogP contribution < -0.4 is 0 Å². The van der Waals surface area contributed by atoms with Crippen molar-refractivity contribution in [1.29, 1.82) is 0 Å². The topological polar surface area (TPSA) is 66.4 Å². The van der Waals surface area contributed by atoms with Gasteiger partial charge in [0.1, 0.15) is 30.5 Å². The zero-order chi connectivity index (χ0) is 33.0. The SMILES string of the molecule is OCc1ccc(Cl)c([C@@H]2O[C@H](COCc3ccccc3)[C@@H](OCc3ccccc3)C(OCc3ccccc3)[C@H]2OCc2ccccc2)c1. The van der Waals surface area contributed by atoms with Gasteiger partial charge in [0, 0.05) is 10.6 Å². The number of hydrogen-bond donors (Lipinski definition) is 1. The molecule has 0 spiro atoms. The van der Waals surface area contributed by atoms with Crippen LogP contribution in [0, 0.1) is 0 Å². The van der Waals surface area contributed by atoms with Crippen molar-refractivity contribution in [1.82, 2.24) is 0 Å². The Kier molecular flexibility index (Phi) is 12.4. The Hall–Kier alpha value is -3.85. The molecule has 1 unspecified atom stereocenters. The predicted molar refractivity (Wildman–Crippen MR) is 186 cm³/mol. The van der Waals surface area contributed by atoms with E-state index in [1.165, 1.54) is 0 Å². The molecular formula is C41H41ClO6. The van der Waals surface area contributed by atoms with E-state index in [0.717, 1.165) is 27.8 Å². The van der Waals surface area contributed by atoms with Crippen molar-refractivity contribution in [2.24, 2.45) is 0 Å². The Morgan fingerprint density at radius 1 is 0.521 bits per heavy atom. The zero-order valence-electron chi connectivity index (χ0n) is 26.8. The molecule has 0 aliphatic carbocycles. The normalized spacial score (nSPS) is 20.8. The van der Waals surface area contributed by atoms with Crippen LogP contribution in [0.4, 0.5) is 0 Å². The molecule has 1 heterocycles. The van der Waals surface area contributed by atoms with Crippen LogP contribution in [-0.2, 0) is 56.7 Å². The Balaban J connectivity index is 1.37. The number of ether oxygens (including phenoxy) is 5. The van der Waals surface area contributed by atoms with Crippen LogP contribution in [-0.4, -0.2) is 36.1 Å². The average Bonchev–Trinajstić information content (AvgIpc) is 3.14. The third kappa shape index (κ3) is 9.19. The van der Waals surface area contributed by atoms with Crippen LogP contribution in [0.2, 0.25) is 5.02 Å². The first-order valence-electron chi connectivity index (χ1n) is 16.3. The Labute approximate surface area is 287 Å². The van der Waals surface area contributed by atoms with Crippen molar-refractivity contribution in [2.45, 2.75) is 63.6 Å². The van der Waals surface area contributed by atoms with Gasteiger partial charge in [-0.1, -0.05) is 139 Å². The molecule has 6 nitrogen and oxygen atoms in total. The lowest BCUT2D eigenvalue weighted by Crippen LogP contribution is -2.58. The molecule has 1 aliphatic rings. The molecule has 0 radical (unpaired) electrons. The van der Waals surface area contributed by atoms with Gasteiger partial charge in [-0.05, 0) is 39.9 Å². The fraction of sp³-hybridized carbons (Fsp3) is 0.268. The van der Waals surface area contributed by atoms with E-state index < -0.39 is 30.5 Å². The highest BCUT2D eigenvalue weighted by Gasteiger charge is 2.49. The highest BCUT2D eigenvalue weighted by Crippen LogP contribution is 2.41. The first-order chi connectivity index (χ1) is 23.7. The molecule has 5 aromatic carbocycles. The zero-order valence-corrected chi connectivity index (χ0v) is 27.5. The van der Waals surface area contributed by atoms with Gasteiger partial charge in [0.15, 0.2) is 0 Å². The lowest BCUT2D eigenvalue weighted by atomic mass is 9.89. The maximum atomic E-state index is 10.0. The van der Waals surface area contributed by atoms with Gasteiger partial charge in [-0.3, -0.25) is 0 Å². The summed E-state index contributed by atoms with van der Waals surface area (Å²) in [7, 11) is 0. The summed E-state index contributed by atoms with van der Waals surface area (Å²) in [6.45, 7) is 1.56. The maximum absolute atomic E-state index is 10.0. The number of halogens is 1. The summed E-state index contributed by atoms with van der Waals surface area (Å²) in [5.41, 5.74) is 5.58. The van der Waals surface area contributed by atoms with Gasteiger partial charge in [0.2, 0.25) is 0 Å². The highest BCUT2D eigenvalue weighted by atomic mass is 35.5.